The van der Waals surface area contributed by atoms with Crippen LogP contribution in [0.1, 0.15) is 26.3 Å². The first kappa shape index (κ1) is 23.0. The van der Waals surface area contributed by atoms with Crippen molar-refractivity contribution in [1.29, 1.82) is 0 Å². The van der Waals surface area contributed by atoms with Crippen LogP contribution in [0.5, 0.6) is 5.75 Å². The van der Waals surface area contributed by atoms with E-state index in [0.717, 1.165) is 5.56 Å². The average molecular weight is 437 g/mol. The van der Waals surface area contributed by atoms with Gasteiger partial charge in [0.1, 0.15) is 11.8 Å². The summed E-state index contributed by atoms with van der Waals surface area (Å²) in [6, 6.07) is 13.4. The molecule has 0 saturated heterocycles. The summed E-state index contributed by atoms with van der Waals surface area (Å²) in [6.45, 7) is 6.24. The molecule has 0 radical (unpaired) electrons. The summed E-state index contributed by atoms with van der Waals surface area (Å²) in [5, 5.41) is 3.93. The summed E-state index contributed by atoms with van der Waals surface area (Å²) >= 11 is 12.2. The third kappa shape index (κ3) is 7.26. The van der Waals surface area contributed by atoms with Crippen LogP contribution >= 0.6 is 23.2 Å². The quantitative estimate of drug-likeness (QED) is 0.626. The second-order valence-electron chi connectivity index (χ2n) is 7.17. The van der Waals surface area contributed by atoms with Crippen molar-refractivity contribution in [3.8, 4) is 5.75 Å². The molecule has 0 aromatic heterocycles. The van der Waals surface area contributed by atoms with Gasteiger partial charge in [-0.05, 0) is 42.7 Å². The zero-order valence-corrected chi connectivity index (χ0v) is 18.3. The Bertz CT molecular complexity index is 842. The molecule has 1 N–H and O–H groups in total. The van der Waals surface area contributed by atoms with Crippen molar-refractivity contribution in [2.45, 2.75) is 33.4 Å². The van der Waals surface area contributed by atoms with Gasteiger partial charge in [-0.15, -0.1) is 0 Å². The maximum absolute atomic E-state index is 12.9. The van der Waals surface area contributed by atoms with Crippen LogP contribution < -0.4 is 10.1 Å². The minimum absolute atomic E-state index is 0.202. The molecule has 0 spiro atoms. The molecule has 5 nitrogen and oxygen atoms in total. The number of hydrogen-bond donors (Lipinski definition) is 1. The molecular weight excluding hydrogens is 411 g/mol. The summed E-state index contributed by atoms with van der Waals surface area (Å²) in [5.41, 5.74) is 0.758. The number of benzene rings is 2. The van der Waals surface area contributed by atoms with Gasteiger partial charge in [0.15, 0.2) is 6.61 Å². The average Bonchev–Trinajstić information content (AvgIpc) is 2.69. The van der Waals surface area contributed by atoms with Gasteiger partial charge in [0.25, 0.3) is 5.91 Å². The third-order valence-electron chi connectivity index (χ3n) is 4.31. The molecule has 2 rings (SSSR count). The first-order chi connectivity index (χ1) is 13.8. The lowest BCUT2D eigenvalue weighted by molar-refractivity contribution is -0.142. The zero-order valence-electron chi connectivity index (χ0n) is 16.8. The number of hydrogen-bond acceptors (Lipinski definition) is 3. The van der Waals surface area contributed by atoms with E-state index in [1.54, 1.807) is 37.3 Å². The third-order valence-corrected chi connectivity index (χ3v) is 4.91. The first-order valence-corrected chi connectivity index (χ1v) is 10.2. The number of ether oxygens (including phenoxy) is 1. The van der Waals surface area contributed by atoms with Crippen LogP contribution in [0.3, 0.4) is 0 Å². The molecule has 0 aliphatic carbocycles. The number of rotatable bonds is 9. The summed E-state index contributed by atoms with van der Waals surface area (Å²) in [5.74, 6) is 0.254. The van der Waals surface area contributed by atoms with Gasteiger partial charge >= 0.3 is 0 Å². The van der Waals surface area contributed by atoms with Crippen molar-refractivity contribution >= 4 is 35.0 Å². The van der Waals surface area contributed by atoms with E-state index in [0.29, 0.717) is 28.3 Å². The second-order valence-corrected chi connectivity index (χ2v) is 8.02. The fraction of sp³-hybridized carbons (Fsp3) is 0.364. The molecule has 7 heteroatoms. The highest BCUT2D eigenvalue weighted by atomic mass is 35.5. The fourth-order valence-electron chi connectivity index (χ4n) is 2.63. The topological polar surface area (TPSA) is 58.6 Å². The van der Waals surface area contributed by atoms with Gasteiger partial charge in [0.05, 0.1) is 0 Å². The lowest BCUT2D eigenvalue weighted by Gasteiger charge is -2.29. The first-order valence-electron chi connectivity index (χ1n) is 9.47. The van der Waals surface area contributed by atoms with Gasteiger partial charge in [0.2, 0.25) is 5.91 Å². The van der Waals surface area contributed by atoms with Crippen LogP contribution in [0.25, 0.3) is 0 Å². The maximum atomic E-state index is 12.9. The Hall–Kier alpha value is -2.24. The Morgan fingerprint density at radius 3 is 2.45 bits per heavy atom. The van der Waals surface area contributed by atoms with Gasteiger partial charge in [-0.3, -0.25) is 9.59 Å². The molecule has 0 bridgehead atoms. The van der Waals surface area contributed by atoms with E-state index in [1.807, 2.05) is 32.0 Å². The number of amides is 2. The van der Waals surface area contributed by atoms with Crippen LogP contribution in [0, 0.1) is 5.92 Å². The molecular formula is C22H26Cl2N2O3. The molecule has 0 unspecified atom stereocenters. The van der Waals surface area contributed by atoms with E-state index in [4.69, 9.17) is 27.9 Å². The molecule has 0 heterocycles. The number of nitrogens with one attached hydrogen (secondary N) is 1. The highest BCUT2D eigenvalue weighted by Crippen LogP contribution is 2.20. The highest BCUT2D eigenvalue weighted by Gasteiger charge is 2.27. The van der Waals surface area contributed by atoms with Crippen LogP contribution in [-0.2, 0) is 16.1 Å². The number of halogens is 2. The van der Waals surface area contributed by atoms with Crippen LogP contribution in [-0.4, -0.2) is 35.9 Å². The van der Waals surface area contributed by atoms with E-state index in [9.17, 15) is 9.59 Å². The second kappa shape index (κ2) is 11.1. The maximum Gasteiger partial charge on any atom is 0.261 e. The number of carbonyl (C=O) groups excluding carboxylic acids is 2. The van der Waals surface area contributed by atoms with E-state index in [-0.39, 0.29) is 25.0 Å². The monoisotopic (exact) mass is 436 g/mol. The Kier molecular flexibility index (Phi) is 8.80. The van der Waals surface area contributed by atoms with Crippen molar-refractivity contribution in [3.63, 3.8) is 0 Å². The summed E-state index contributed by atoms with van der Waals surface area (Å²) < 4.78 is 5.59. The summed E-state index contributed by atoms with van der Waals surface area (Å²) in [6.07, 6.45) is 0. The van der Waals surface area contributed by atoms with E-state index < -0.39 is 6.04 Å². The Morgan fingerprint density at radius 1 is 1.07 bits per heavy atom. The Labute approximate surface area is 181 Å². The van der Waals surface area contributed by atoms with Crippen LogP contribution in [0.4, 0.5) is 0 Å². The molecule has 0 aliphatic heterocycles. The molecule has 2 aromatic carbocycles. The minimum atomic E-state index is -0.680. The van der Waals surface area contributed by atoms with Gasteiger partial charge < -0.3 is 15.0 Å². The minimum Gasteiger partial charge on any atom is -0.484 e. The number of nitrogens with zero attached hydrogens (tertiary/aromatic N) is 1. The van der Waals surface area contributed by atoms with Crippen molar-refractivity contribution in [2.75, 3.05) is 13.2 Å². The molecule has 29 heavy (non-hydrogen) atoms. The number of carbonyl (C=O) groups is 2. The largest absolute Gasteiger partial charge is 0.484 e. The smallest absolute Gasteiger partial charge is 0.261 e. The van der Waals surface area contributed by atoms with Crippen molar-refractivity contribution in [3.05, 3.63) is 64.1 Å². The van der Waals surface area contributed by atoms with Crippen molar-refractivity contribution < 1.29 is 14.3 Å². The summed E-state index contributed by atoms with van der Waals surface area (Å²) in [7, 11) is 0. The lowest BCUT2D eigenvalue weighted by atomic mass is 10.1. The molecule has 2 aromatic rings. The van der Waals surface area contributed by atoms with Crippen molar-refractivity contribution in [2.24, 2.45) is 5.92 Å². The molecule has 0 fully saturated rings. The van der Waals surface area contributed by atoms with E-state index in [1.165, 1.54) is 4.90 Å². The Balaban J connectivity index is 2.14. The van der Waals surface area contributed by atoms with E-state index >= 15 is 0 Å². The normalized spacial score (nSPS) is 11.8. The van der Waals surface area contributed by atoms with Crippen LogP contribution in [0.2, 0.25) is 10.0 Å². The molecule has 0 saturated carbocycles. The molecule has 1 atom stereocenters. The van der Waals surface area contributed by atoms with Crippen molar-refractivity contribution in [1.82, 2.24) is 10.2 Å². The fourth-order valence-corrected chi connectivity index (χ4v) is 3.01. The van der Waals surface area contributed by atoms with Gasteiger partial charge in [-0.25, -0.2) is 0 Å². The molecule has 2 amide bonds. The summed E-state index contributed by atoms with van der Waals surface area (Å²) in [4.78, 5) is 27.0. The molecule has 156 valence electrons. The van der Waals surface area contributed by atoms with Gasteiger partial charge in [-0.2, -0.15) is 0 Å². The standard InChI is InChI=1S/C22H26Cl2N2O3/c1-15(2)12-25-22(28)16(3)26(13-17-7-4-5-10-20(17)24)21(27)14-29-19-9-6-8-18(23)11-19/h4-11,15-16H,12-14H2,1-3H3,(H,25,28)/t16-/m0/s1. The SMILES string of the molecule is CC(C)CNC(=O)[C@H](C)N(Cc1ccccc1Cl)C(=O)COc1cccc(Cl)c1. The Morgan fingerprint density at radius 2 is 1.79 bits per heavy atom. The predicted octanol–water partition coefficient (Wildman–Crippen LogP) is 4.56. The van der Waals surface area contributed by atoms with E-state index in [2.05, 4.69) is 5.32 Å². The molecule has 0 aliphatic rings. The van der Waals surface area contributed by atoms with Gasteiger partial charge in [0, 0.05) is 23.1 Å². The predicted molar refractivity (Wildman–Crippen MR) is 116 cm³/mol. The van der Waals surface area contributed by atoms with Gasteiger partial charge in [-0.1, -0.05) is 61.3 Å². The van der Waals surface area contributed by atoms with Crippen LogP contribution in [0.15, 0.2) is 48.5 Å². The lowest BCUT2D eigenvalue weighted by Crippen LogP contribution is -2.49. The highest BCUT2D eigenvalue weighted by molar-refractivity contribution is 6.31. The zero-order chi connectivity index (χ0) is 21.4.